The zero-order chi connectivity index (χ0) is 28.0. The SMILES string of the molecule is CC[C@H](Oc1c(Br)cccc1Br)C(=O)O[C@H]1C[C@H](O)C=C2C=C[C@@H](C)[C@H](CC[C@@H](O)C[C@@H](O)CC(=O)O)[C@H]21. The van der Waals surface area contributed by atoms with Crippen molar-refractivity contribution in [1.82, 2.24) is 0 Å². The molecule has 8 nitrogen and oxygen atoms in total. The third-order valence-electron chi connectivity index (χ3n) is 7.24. The topological polar surface area (TPSA) is 134 Å². The maximum atomic E-state index is 13.3. The average molecular weight is 660 g/mol. The average Bonchev–Trinajstić information content (AvgIpc) is 2.82. The zero-order valence-corrected chi connectivity index (χ0v) is 24.7. The van der Waals surface area contributed by atoms with Crippen molar-refractivity contribution in [2.45, 2.75) is 82.9 Å². The lowest BCUT2D eigenvalue weighted by Gasteiger charge is -2.43. The Labute approximate surface area is 240 Å². The van der Waals surface area contributed by atoms with E-state index < -0.39 is 48.9 Å². The van der Waals surface area contributed by atoms with Crippen LogP contribution >= 0.6 is 31.9 Å². The van der Waals surface area contributed by atoms with E-state index in [0.29, 0.717) is 34.0 Å². The summed E-state index contributed by atoms with van der Waals surface area (Å²) in [7, 11) is 0. The summed E-state index contributed by atoms with van der Waals surface area (Å²) in [6, 6.07) is 5.49. The first kappa shape index (κ1) is 30.8. The van der Waals surface area contributed by atoms with Crippen molar-refractivity contribution in [3.05, 3.63) is 50.9 Å². The molecule has 2 aliphatic rings. The number of esters is 1. The Balaban J connectivity index is 1.73. The molecule has 0 unspecified atom stereocenters. The number of aliphatic hydroxyl groups is 3. The lowest BCUT2D eigenvalue weighted by molar-refractivity contribution is -0.163. The highest BCUT2D eigenvalue weighted by Gasteiger charge is 2.42. The summed E-state index contributed by atoms with van der Waals surface area (Å²) in [5.41, 5.74) is 0.896. The van der Waals surface area contributed by atoms with Gasteiger partial charge >= 0.3 is 11.9 Å². The van der Waals surface area contributed by atoms with Gasteiger partial charge in [-0.25, -0.2) is 4.79 Å². The predicted octanol–water partition coefficient (Wildman–Crippen LogP) is 4.78. The van der Waals surface area contributed by atoms with Crippen LogP contribution in [0.5, 0.6) is 5.75 Å². The van der Waals surface area contributed by atoms with E-state index in [2.05, 4.69) is 44.9 Å². The number of rotatable bonds is 12. The maximum Gasteiger partial charge on any atom is 0.347 e. The van der Waals surface area contributed by atoms with E-state index in [4.69, 9.17) is 14.6 Å². The van der Waals surface area contributed by atoms with E-state index in [1.54, 1.807) is 6.08 Å². The monoisotopic (exact) mass is 658 g/mol. The fraction of sp³-hybridized carbons (Fsp3) is 0.571. The van der Waals surface area contributed by atoms with Crippen LogP contribution in [0.3, 0.4) is 0 Å². The first-order chi connectivity index (χ1) is 18.0. The van der Waals surface area contributed by atoms with Crippen molar-refractivity contribution in [3.8, 4) is 5.75 Å². The molecule has 0 radical (unpaired) electrons. The highest BCUT2D eigenvalue weighted by molar-refractivity contribution is 9.11. The van der Waals surface area contributed by atoms with Crippen LogP contribution in [-0.2, 0) is 14.3 Å². The highest BCUT2D eigenvalue weighted by atomic mass is 79.9. The van der Waals surface area contributed by atoms with Crippen LogP contribution in [0.1, 0.15) is 52.4 Å². The van der Waals surface area contributed by atoms with Crippen molar-refractivity contribution in [3.63, 3.8) is 0 Å². The van der Waals surface area contributed by atoms with Crippen molar-refractivity contribution in [2.24, 2.45) is 17.8 Å². The molecule has 0 spiro atoms. The molecule has 2 aliphatic carbocycles. The van der Waals surface area contributed by atoms with Gasteiger partial charge < -0.3 is 29.9 Å². The minimum Gasteiger partial charge on any atom is -0.481 e. The second-order valence-corrected chi connectivity index (χ2v) is 11.8. The number of carboxylic acids is 1. The quantitative estimate of drug-likeness (QED) is 0.236. The Morgan fingerprint density at radius 1 is 1.16 bits per heavy atom. The third-order valence-corrected chi connectivity index (χ3v) is 8.49. The van der Waals surface area contributed by atoms with Crippen molar-refractivity contribution >= 4 is 43.8 Å². The molecule has 0 aromatic heterocycles. The molecule has 0 saturated carbocycles. The van der Waals surface area contributed by atoms with Gasteiger partial charge in [0, 0.05) is 12.3 Å². The Kier molecular flexibility index (Phi) is 11.4. The number of fused-ring (bicyclic) bond motifs is 1. The fourth-order valence-corrected chi connectivity index (χ4v) is 6.53. The van der Waals surface area contributed by atoms with Crippen molar-refractivity contribution in [1.29, 1.82) is 0 Å². The van der Waals surface area contributed by atoms with E-state index in [9.17, 15) is 24.9 Å². The minimum atomic E-state index is -1.11. The number of para-hydroxylation sites is 1. The van der Waals surface area contributed by atoms with Crippen LogP contribution in [-0.4, -0.2) is 62.9 Å². The molecular formula is C28H36Br2O8. The molecule has 0 saturated heterocycles. The molecule has 8 atom stereocenters. The summed E-state index contributed by atoms with van der Waals surface area (Å²) in [6.45, 7) is 3.90. The van der Waals surface area contributed by atoms with Gasteiger partial charge in [-0.15, -0.1) is 0 Å². The number of carbonyl (C=O) groups excluding carboxylic acids is 1. The van der Waals surface area contributed by atoms with Crippen molar-refractivity contribution in [2.75, 3.05) is 0 Å². The first-order valence-corrected chi connectivity index (χ1v) is 14.6. The molecule has 0 heterocycles. The van der Waals surface area contributed by atoms with Gasteiger partial charge in [-0.3, -0.25) is 4.79 Å². The number of hydrogen-bond donors (Lipinski definition) is 4. The number of aliphatic carboxylic acids is 1. The van der Waals surface area contributed by atoms with E-state index in [0.717, 1.165) is 5.57 Å². The molecule has 1 aromatic carbocycles. The third kappa shape index (κ3) is 8.14. The summed E-state index contributed by atoms with van der Waals surface area (Å²) >= 11 is 6.91. The van der Waals surface area contributed by atoms with Crippen LogP contribution < -0.4 is 4.74 Å². The molecule has 0 aliphatic heterocycles. The summed E-state index contributed by atoms with van der Waals surface area (Å²) in [5.74, 6) is -1.15. The molecular weight excluding hydrogens is 624 g/mol. The van der Waals surface area contributed by atoms with Gasteiger partial charge in [0.25, 0.3) is 0 Å². The number of ether oxygens (including phenoxy) is 2. The molecule has 0 bridgehead atoms. The van der Waals surface area contributed by atoms with Crippen molar-refractivity contribution < 1.29 is 39.5 Å². The summed E-state index contributed by atoms with van der Waals surface area (Å²) in [6.07, 6.45) is 2.82. The molecule has 210 valence electrons. The normalized spacial score (nSPS) is 27.0. The Morgan fingerprint density at radius 3 is 2.47 bits per heavy atom. The molecule has 0 fully saturated rings. The van der Waals surface area contributed by atoms with Gasteiger partial charge in [0.15, 0.2) is 6.10 Å². The summed E-state index contributed by atoms with van der Waals surface area (Å²) in [4.78, 5) is 24.1. The van der Waals surface area contributed by atoms with Gasteiger partial charge in [0.1, 0.15) is 11.9 Å². The molecule has 1 aromatic rings. The maximum absolute atomic E-state index is 13.3. The zero-order valence-electron chi connectivity index (χ0n) is 21.5. The van der Waals surface area contributed by atoms with Gasteiger partial charge in [-0.2, -0.15) is 0 Å². The van der Waals surface area contributed by atoms with Crippen LogP contribution in [0.15, 0.2) is 50.9 Å². The molecule has 0 amide bonds. The number of carbonyl (C=O) groups is 2. The van der Waals surface area contributed by atoms with Crippen LogP contribution in [0, 0.1) is 17.8 Å². The second kappa shape index (κ2) is 14.1. The number of hydrogen-bond acceptors (Lipinski definition) is 7. The van der Waals surface area contributed by atoms with Crippen LogP contribution in [0.4, 0.5) is 0 Å². The number of benzene rings is 1. The highest BCUT2D eigenvalue weighted by Crippen LogP contribution is 2.44. The fourth-order valence-electron chi connectivity index (χ4n) is 5.35. The molecule has 10 heteroatoms. The lowest BCUT2D eigenvalue weighted by atomic mass is 9.66. The Hall–Kier alpha value is -1.72. The summed E-state index contributed by atoms with van der Waals surface area (Å²) < 4.78 is 13.5. The lowest BCUT2D eigenvalue weighted by Crippen LogP contribution is -2.44. The number of aliphatic hydroxyl groups excluding tert-OH is 3. The predicted molar refractivity (Wildman–Crippen MR) is 149 cm³/mol. The van der Waals surface area contributed by atoms with Gasteiger partial charge in [-0.05, 0) is 87.1 Å². The number of allylic oxidation sites excluding steroid dienone is 2. The molecule has 38 heavy (non-hydrogen) atoms. The Bertz CT molecular complexity index is 1020. The van der Waals surface area contributed by atoms with Crippen LogP contribution in [0.2, 0.25) is 0 Å². The van der Waals surface area contributed by atoms with Crippen LogP contribution in [0.25, 0.3) is 0 Å². The summed E-state index contributed by atoms with van der Waals surface area (Å²) in [5, 5.41) is 39.7. The molecule has 4 N–H and O–H groups in total. The first-order valence-electron chi connectivity index (χ1n) is 13.0. The van der Waals surface area contributed by atoms with Gasteiger partial charge in [0.05, 0.1) is 33.7 Å². The van der Waals surface area contributed by atoms with Gasteiger partial charge in [-0.1, -0.05) is 38.1 Å². The minimum absolute atomic E-state index is 0.0150. The smallest absolute Gasteiger partial charge is 0.347 e. The Morgan fingerprint density at radius 2 is 1.84 bits per heavy atom. The number of halogens is 2. The van der Waals surface area contributed by atoms with E-state index >= 15 is 0 Å². The standard InChI is InChI=1S/C28H36Br2O8/c1-3-23(37-27-21(29)5-4-6-22(27)30)28(36)38-24-13-18(32)11-16-8-7-15(2)20(26(16)24)10-9-17(31)12-19(33)14-25(34)35/h4-8,11,15,17-20,23-24,26,31-33H,3,9-10,12-14H2,1-2H3,(H,34,35)/t15-,17-,18-,19-,20+,23+,24+,26+/m1/s1. The number of carboxylic acid groups (broad SMARTS) is 1. The molecule has 3 rings (SSSR count). The van der Waals surface area contributed by atoms with E-state index in [1.165, 1.54) is 0 Å². The second-order valence-electron chi connectivity index (χ2n) is 10.1. The van der Waals surface area contributed by atoms with E-state index in [-0.39, 0.29) is 30.6 Å². The van der Waals surface area contributed by atoms with Gasteiger partial charge in [0.2, 0.25) is 0 Å². The van der Waals surface area contributed by atoms with E-state index in [1.807, 2.05) is 31.2 Å². The largest absolute Gasteiger partial charge is 0.481 e.